The first-order valence-corrected chi connectivity index (χ1v) is 10.3. The van der Waals surface area contributed by atoms with E-state index in [4.69, 9.17) is 13.7 Å². The minimum Gasteiger partial charge on any atom is -0.449 e. The summed E-state index contributed by atoms with van der Waals surface area (Å²) in [6, 6.07) is 12.5. The Labute approximate surface area is 175 Å². The zero-order chi connectivity index (χ0) is 20.5. The lowest BCUT2D eigenvalue weighted by Gasteiger charge is -2.26. The summed E-state index contributed by atoms with van der Waals surface area (Å²) in [6.07, 6.45) is 0. The molecule has 0 atom stereocenters. The van der Waals surface area contributed by atoms with E-state index in [-0.39, 0.29) is 17.4 Å². The zero-order valence-corrected chi connectivity index (χ0v) is 16.6. The van der Waals surface area contributed by atoms with Crippen LogP contribution in [0.1, 0.15) is 21.0 Å². The number of hydrogen-bond acceptors (Lipinski definition) is 7. The van der Waals surface area contributed by atoms with Crippen LogP contribution in [0.2, 0.25) is 0 Å². The third-order valence-corrected chi connectivity index (χ3v) is 5.72. The summed E-state index contributed by atoms with van der Waals surface area (Å²) in [5.74, 6) is -0.168. The Morgan fingerprint density at radius 2 is 1.93 bits per heavy atom. The van der Waals surface area contributed by atoms with E-state index in [0.29, 0.717) is 48.7 Å². The van der Waals surface area contributed by atoms with Crippen LogP contribution >= 0.6 is 11.3 Å². The number of furan rings is 1. The van der Waals surface area contributed by atoms with E-state index in [1.54, 1.807) is 23.1 Å². The quantitative estimate of drug-likeness (QED) is 0.535. The first-order valence-electron chi connectivity index (χ1n) is 9.41. The highest BCUT2D eigenvalue weighted by molar-refractivity contribution is 7.13. The van der Waals surface area contributed by atoms with Gasteiger partial charge in [0.05, 0.1) is 18.1 Å². The molecule has 0 bridgehead atoms. The van der Waals surface area contributed by atoms with Gasteiger partial charge in [-0.25, -0.2) is 0 Å². The summed E-state index contributed by atoms with van der Waals surface area (Å²) >= 11 is 1.49. The topological polar surface area (TPSA) is 97.8 Å². The van der Waals surface area contributed by atoms with Crippen molar-refractivity contribution < 1.29 is 23.3 Å². The van der Waals surface area contributed by atoms with Crippen molar-refractivity contribution in [2.45, 2.75) is 0 Å². The molecule has 30 heavy (non-hydrogen) atoms. The average molecular weight is 423 g/mol. The Morgan fingerprint density at radius 3 is 2.73 bits per heavy atom. The maximum absolute atomic E-state index is 13.1. The second kappa shape index (κ2) is 7.77. The molecule has 5 rings (SSSR count). The van der Waals surface area contributed by atoms with Crippen molar-refractivity contribution in [1.29, 1.82) is 0 Å². The Morgan fingerprint density at radius 1 is 1.10 bits per heavy atom. The number of fused-ring (bicyclic) bond motifs is 1. The molecule has 2 amide bonds. The first-order chi connectivity index (χ1) is 14.7. The van der Waals surface area contributed by atoms with Crippen molar-refractivity contribution in [3.05, 3.63) is 59.3 Å². The van der Waals surface area contributed by atoms with Crippen molar-refractivity contribution in [3.63, 3.8) is 0 Å². The van der Waals surface area contributed by atoms with Crippen LogP contribution < -0.4 is 5.32 Å². The molecule has 0 aliphatic carbocycles. The molecule has 1 saturated heterocycles. The molecule has 1 aromatic carbocycles. The Kier molecular flexibility index (Phi) is 4.82. The van der Waals surface area contributed by atoms with Gasteiger partial charge in [0.25, 0.3) is 11.8 Å². The van der Waals surface area contributed by atoms with Crippen LogP contribution in [0.3, 0.4) is 0 Å². The van der Waals surface area contributed by atoms with E-state index in [1.807, 2.05) is 29.6 Å². The number of rotatable bonds is 4. The molecule has 1 N–H and O–H groups in total. The minimum atomic E-state index is -0.482. The molecule has 0 spiro atoms. The molecule has 1 aliphatic heterocycles. The smallest absolute Gasteiger partial charge is 0.291 e. The van der Waals surface area contributed by atoms with Gasteiger partial charge in [0.2, 0.25) is 5.76 Å². The van der Waals surface area contributed by atoms with Gasteiger partial charge < -0.3 is 23.9 Å². The van der Waals surface area contributed by atoms with E-state index < -0.39 is 5.91 Å². The van der Waals surface area contributed by atoms with Gasteiger partial charge >= 0.3 is 0 Å². The van der Waals surface area contributed by atoms with Gasteiger partial charge in [0.1, 0.15) is 11.3 Å². The fourth-order valence-corrected chi connectivity index (χ4v) is 4.00. The maximum Gasteiger partial charge on any atom is 0.291 e. The number of carbonyl (C=O) groups is 2. The number of amides is 2. The molecule has 0 unspecified atom stereocenters. The Bertz CT molecular complexity index is 1200. The summed E-state index contributed by atoms with van der Waals surface area (Å²) in [4.78, 5) is 28.5. The number of nitrogens with zero attached hydrogens (tertiary/aromatic N) is 2. The van der Waals surface area contributed by atoms with Crippen molar-refractivity contribution >= 4 is 39.8 Å². The van der Waals surface area contributed by atoms with Gasteiger partial charge in [0, 0.05) is 24.5 Å². The van der Waals surface area contributed by atoms with E-state index in [0.717, 1.165) is 4.88 Å². The third-order valence-electron chi connectivity index (χ3n) is 4.83. The van der Waals surface area contributed by atoms with Crippen LogP contribution in [0.4, 0.5) is 5.69 Å². The van der Waals surface area contributed by atoms with Gasteiger partial charge in [-0.3, -0.25) is 9.59 Å². The van der Waals surface area contributed by atoms with Crippen LogP contribution in [0.15, 0.2) is 56.8 Å². The summed E-state index contributed by atoms with van der Waals surface area (Å²) in [7, 11) is 0. The normalized spacial score (nSPS) is 14.2. The SMILES string of the molecule is O=C(Nc1c(C(=O)N2CCOCC2)oc2ccccc12)c1cc(-c2cccs2)on1. The predicted octanol–water partition coefficient (Wildman–Crippen LogP) is 3.87. The van der Waals surface area contributed by atoms with Crippen LogP contribution in [-0.2, 0) is 4.74 Å². The van der Waals surface area contributed by atoms with E-state index in [9.17, 15) is 9.59 Å². The highest BCUT2D eigenvalue weighted by Gasteiger charge is 2.28. The summed E-state index contributed by atoms with van der Waals surface area (Å²) < 4.78 is 16.4. The molecule has 4 heterocycles. The van der Waals surface area contributed by atoms with Crippen LogP contribution in [0.5, 0.6) is 0 Å². The largest absolute Gasteiger partial charge is 0.449 e. The zero-order valence-electron chi connectivity index (χ0n) is 15.8. The predicted molar refractivity (Wildman–Crippen MR) is 111 cm³/mol. The average Bonchev–Trinajstić information content (AvgIpc) is 3.53. The number of nitrogens with one attached hydrogen (secondary N) is 1. The van der Waals surface area contributed by atoms with E-state index in [1.165, 1.54) is 11.3 Å². The number of para-hydroxylation sites is 1. The second-order valence-electron chi connectivity index (χ2n) is 6.71. The number of morpholine rings is 1. The highest BCUT2D eigenvalue weighted by Crippen LogP contribution is 2.33. The molecule has 4 aromatic rings. The molecular formula is C21H17N3O5S. The van der Waals surface area contributed by atoms with Crippen LogP contribution in [-0.4, -0.2) is 48.2 Å². The summed E-state index contributed by atoms with van der Waals surface area (Å²) in [5.41, 5.74) is 0.963. The van der Waals surface area contributed by atoms with Gasteiger partial charge in [0.15, 0.2) is 11.5 Å². The number of carbonyl (C=O) groups excluding carboxylic acids is 2. The molecule has 0 radical (unpaired) electrons. The molecular weight excluding hydrogens is 406 g/mol. The van der Waals surface area contributed by atoms with Crippen LogP contribution in [0.25, 0.3) is 21.6 Å². The molecule has 3 aromatic heterocycles. The lowest BCUT2D eigenvalue weighted by molar-refractivity contribution is 0.0285. The second-order valence-corrected chi connectivity index (χ2v) is 7.66. The minimum absolute atomic E-state index is 0.0911. The highest BCUT2D eigenvalue weighted by atomic mass is 32.1. The first kappa shape index (κ1) is 18.6. The third kappa shape index (κ3) is 3.38. The van der Waals surface area contributed by atoms with Crippen molar-refractivity contribution in [3.8, 4) is 10.6 Å². The lowest BCUT2D eigenvalue weighted by Crippen LogP contribution is -2.40. The Hall–Kier alpha value is -3.43. The Balaban J connectivity index is 1.47. The fraction of sp³-hybridized carbons (Fsp3) is 0.190. The van der Waals surface area contributed by atoms with Crippen molar-refractivity contribution in [2.75, 3.05) is 31.6 Å². The molecule has 1 fully saturated rings. The monoisotopic (exact) mass is 423 g/mol. The summed E-state index contributed by atoms with van der Waals surface area (Å²) in [5, 5.41) is 9.23. The number of benzene rings is 1. The van der Waals surface area contributed by atoms with Gasteiger partial charge in [-0.05, 0) is 23.6 Å². The van der Waals surface area contributed by atoms with E-state index >= 15 is 0 Å². The molecule has 9 heteroatoms. The van der Waals surface area contributed by atoms with Crippen LogP contribution in [0, 0.1) is 0 Å². The van der Waals surface area contributed by atoms with Crippen molar-refractivity contribution in [1.82, 2.24) is 10.1 Å². The van der Waals surface area contributed by atoms with Gasteiger partial charge in [-0.15, -0.1) is 11.3 Å². The maximum atomic E-state index is 13.1. The number of thiophene rings is 1. The molecule has 1 aliphatic rings. The molecule has 0 saturated carbocycles. The molecule has 152 valence electrons. The van der Waals surface area contributed by atoms with Crippen molar-refractivity contribution in [2.24, 2.45) is 0 Å². The number of aromatic nitrogens is 1. The fourth-order valence-electron chi connectivity index (χ4n) is 3.32. The number of anilines is 1. The number of ether oxygens (including phenoxy) is 1. The lowest BCUT2D eigenvalue weighted by atomic mass is 10.2. The van der Waals surface area contributed by atoms with E-state index in [2.05, 4.69) is 10.5 Å². The standard InChI is InChI=1S/C21H17N3O5S/c25-20(14-12-16(29-23-14)17-6-3-11-30-17)22-18-13-4-1-2-5-15(13)28-19(18)21(26)24-7-9-27-10-8-24/h1-6,11-12H,7-10H2,(H,22,25). The van der Waals surface area contributed by atoms with Gasteiger partial charge in [-0.1, -0.05) is 23.4 Å². The van der Waals surface area contributed by atoms with Gasteiger partial charge in [-0.2, -0.15) is 0 Å². The number of hydrogen-bond donors (Lipinski definition) is 1. The molecule has 8 nitrogen and oxygen atoms in total. The summed E-state index contributed by atoms with van der Waals surface area (Å²) in [6.45, 7) is 1.88.